The normalized spacial score (nSPS) is 10.6. The summed E-state index contributed by atoms with van der Waals surface area (Å²) in [7, 11) is 0. The van der Waals surface area contributed by atoms with Crippen LogP contribution in [0.4, 0.5) is 14.5 Å². The highest BCUT2D eigenvalue weighted by molar-refractivity contribution is 6.05. The van der Waals surface area contributed by atoms with E-state index in [-0.39, 0.29) is 11.5 Å². The van der Waals surface area contributed by atoms with E-state index in [1.165, 1.54) is 24.3 Å². The van der Waals surface area contributed by atoms with Crippen LogP contribution in [0.2, 0.25) is 0 Å². The van der Waals surface area contributed by atoms with Crippen LogP contribution in [0.15, 0.2) is 59.0 Å². The molecule has 5 heteroatoms. The van der Waals surface area contributed by atoms with Gasteiger partial charge in [0.2, 0.25) is 0 Å². The molecular weight excluding hydrogens is 300 g/mol. The lowest BCUT2D eigenvalue weighted by Crippen LogP contribution is -2.13. The van der Waals surface area contributed by atoms with Crippen molar-refractivity contribution >= 4 is 11.6 Å². The first-order valence-corrected chi connectivity index (χ1v) is 6.97. The Morgan fingerprint density at radius 1 is 1.04 bits per heavy atom. The zero-order valence-corrected chi connectivity index (χ0v) is 12.3. The van der Waals surface area contributed by atoms with E-state index < -0.39 is 11.7 Å². The maximum atomic E-state index is 13.6. The summed E-state index contributed by atoms with van der Waals surface area (Å²) in [5, 5.41) is 2.51. The van der Waals surface area contributed by atoms with Crippen molar-refractivity contribution in [3.05, 3.63) is 77.6 Å². The van der Waals surface area contributed by atoms with Crippen molar-refractivity contribution in [3.63, 3.8) is 0 Å². The van der Waals surface area contributed by atoms with E-state index in [1.54, 1.807) is 37.3 Å². The molecule has 3 aromatic rings. The highest BCUT2D eigenvalue weighted by Gasteiger charge is 2.17. The number of rotatable bonds is 3. The van der Waals surface area contributed by atoms with Gasteiger partial charge >= 0.3 is 0 Å². The van der Waals surface area contributed by atoms with E-state index in [0.717, 1.165) is 0 Å². The van der Waals surface area contributed by atoms with Gasteiger partial charge in [0, 0.05) is 5.56 Å². The van der Waals surface area contributed by atoms with Gasteiger partial charge < -0.3 is 9.73 Å². The van der Waals surface area contributed by atoms with Crippen LogP contribution in [0.1, 0.15) is 16.1 Å². The van der Waals surface area contributed by atoms with Gasteiger partial charge in [-0.3, -0.25) is 4.79 Å². The van der Waals surface area contributed by atoms with E-state index >= 15 is 0 Å². The largest absolute Gasteiger partial charge is 0.461 e. The molecule has 23 heavy (non-hydrogen) atoms. The number of hydrogen-bond acceptors (Lipinski definition) is 2. The third kappa shape index (κ3) is 3.13. The number of carbonyl (C=O) groups is 1. The predicted octanol–water partition coefficient (Wildman–Crippen LogP) is 4.79. The Balaban J connectivity index is 1.87. The van der Waals surface area contributed by atoms with Gasteiger partial charge in [0.05, 0.1) is 11.3 Å². The van der Waals surface area contributed by atoms with Gasteiger partial charge in [0.1, 0.15) is 23.2 Å². The quantitative estimate of drug-likeness (QED) is 0.755. The monoisotopic (exact) mass is 313 g/mol. The fraction of sp³-hybridized carbons (Fsp3) is 0.0556. The minimum absolute atomic E-state index is 0.0985. The van der Waals surface area contributed by atoms with E-state index in [4.69, 9.17) is 4.42 Å². The Kier molecular flexibility index (Phi) is 3.93. The molecule has 0 aliphatic carbocycles. The summed E-state index contributed by atoms with van der Waals surface area (Å²) in [6.07, 6.45) is 0. The smallest absolute Gasteiger partial charge is 0.259 e. The molecule has 3 nitrogen and oxygen atoms in total. The summed E-state index contributed by atoms with van der Waals surface area (Å²) in [4.78, 5) is 12.3. The van der Waals surface area contributed by atoms with Crippen molar-refractivity contribution in [2.45, 2.75) is 6.92 Å². The van der Waals surface area contributed by atoms with Crippen molar-refractivity contribution in [1.29, 1.82) is 0 Å². The molecule has 0 unspecified atom stereocenters. The summed E-state index contributed by atoms with van der Waals surface area (Å²) in [6.45, 7) is 1.64. The molecule has 0 saturated carbocycles. The number of amides is 1. The Morgan fingerprint density at radius 3 is 2.43 bits per heavy atom. The van der Waals surface area contributed by atoms with Crippen molar-refractivity contribution < 1.29 is 18.0 Å². The highest BCUT2D eigenvalue weighted by atomic mass is 19.1. The fourth-order valence-corrected chi connectivity index (χ4v) is 2.22. The van der Waals surface area contributed by atoms with E-state index in [2.05, 4.69) is 5.32 Å². The molecule has 0 aliphatic rings. The fourth-order valence-electron chi connectivity index (χ4n) is 2.22. The second kappa shape index (κ2) is 6.04. The molecule has 0 radical (unpaired) electrons. The van der Waals surface area contributed by atoms with E-state index in [1.807, 2.05) is 0 Å². The van der Waals surface area contributed by atoms with Crippen LogP contribution in [-0.2, 0) is 0 Å². The number of halogens is 2. The van der Waals surface area contributed by atoms with Gasteiger partial charge in [0.15, 0.2) is 0 Å². The molecule has 0 aliphatic heterocycles. The number of carbonyl (C=O) groups excluding carboxylic acids is 1. The number of aryl methyl sites for hydroxylation is 1. The highest BCUT2D eigenvalue weighted by Crippen LogP contribution is 2.26. The average Bonchev–Trinajstić information content (AvgIpc) is 2.92. The van der Waals surface area contributed by atoms with Crippen molar-refractivity contribution in [1.82, 2.24) is 0 Å². The molecule has 1 aromatic heterocycles. The standard InChI is InChI=1S/C18H13F2NO2/c1-11-14(18(22)21-16-5-3-2-4-15(16)20)10-17(23-11)12-6-8-13(19)9-7-12/h2-10H,1H3,(H,21,22). The number of anilines is 1. The summed E-state index contributed by atoms with van der Waals surface area (Å²) < 4.78 is 32.1. The summed E-state index contributed by atoms with van der Waals surface area (Å²) in [5.41, 5.74) is 1.05. The lowest BCUT2D eigenvalue weighted by Gasteiger charge is -2.04. The van der Waals surface area contributed by atoms with Gasteiger partial charge in [-0.2, -0.15) is 0 Å². The number of para-hydroxylation sites is 1. The van der Waals surface area contributed by atoms with Crippen molar-refractivity contribution in [3.8, 4) is 11.3 Å². The molecule has 0 saturated heterocycles. The van der Waals surface area contributed by atoms with Crippen LogP contribution in [0.3, 0.4) is 0 Å². The maximum Gasteiger partial charge on any atom is 0.259 e. The zero-order valence-electron chi connectivity index (χ0n) is 12.3. The van der Waals surface area contributed by atoms with Crippen LogP contribution in [0, 0.1) is 18.6 Å². The van der Waals surface area contributed by atoms with E-state index in [0.29, 0.717) is 22.6 Å². The summed E-state index contributed by atoms with van der Waals surface area (Å²) >= 11 is 0. The van der Waals surface area contributed by atoms with Crippen molar-refractivity contribution in [2.75, 3.05) is 5.32 Å². The van der Waals surface area contributed by atoms with Crippen LogP contribution >= 0.6 is 0 Å². The first kappa shape index (κ1) is 15.0. The lowest BCUT2D eigenvalue weighted by molar-refractivity contribution is 0.102. The van der Waals surface area contributed by atoms with Crippen LogP contribution in [0.5, 0.6) is 0 Å². The molecule has 0 bridgehead atoms. The molecule has 0 spiro atoms. The first-order valence-electron chi connectivity index (χ1n) is 6.97. The molecule has 3 rings (SSSR count). The molecule has 2 aromatic carbocycles. The third-order valence-corrected chi connectivity index (χ3v) is 3.41. The van der Waals surface area contributed by atoms with Gasteiger partial charge in [0.25, 0.3) is 5.91 Å². The molecule has 1 N–H and O–H groups in total. The summed E-state index contributed by atoms with van der Waals surface area (Å²) in [6, 6.07) is 13.2. The number of hydrogen-bond donors (Lipinski definition) is 1. The maximum absolute atomic E-state index is 13.6. The van der Waals surface area contributed by atoms with Crippen LogP contribution in [0.25, 0.3) is 11.3 Å². The molecule has 0 fully saturated rings. The number of benzene rings is 2. The topological polar surface area (TPSA) is 42.2 Å². The Bertz CT molecular complexity index is 854. The van der Waals surface area contributed by atoms with E-state index in [9.17, 15) is 13.6 Å². The third-order valence-electron chi connectivity index (χ3n) is 3.41. The zero-order chi connectivity index (χ0) is 16.4. The molecule has 0 atom stereocenters. The minimum Gasteiger partial charge on any atom is -0.461 e. The molecular formula is C18H13F2NO2. The van der Waals surface area contributed by atoms with Gasteiger partial charge in [-0.05, 0) is 49.4 Å². The second-order valence-electron chi connectivity index (χ2n) is 5.02. The van der Waals surface area contributed by atoms with Crippen LogP contribution in [-0.4, -0.2) is 5.91 Å². The SMILES string of the molecule is Cc1oc(-c2ccc(F)cc2)cc1C(=O)Nc1ccccc1F. The Hall–Kier alpha value is -2.95. The van der Waals surface area contributed by atoms with Gasteiger partial charge in [-0.25, -0.2) is 8.78 Å². The number of furan rings is 1. The average molecular weight is 313 g/mol. The Morgan fingerprint density at radius 2 is 1.74 bits per heavy atom. The summed E-state index contributed by atoms with van der Waals surface area (Å²) in [5.74, 6) is -0.487. The number of nitrogens with one attached hydrogen (secondary N) is 1. The minimum atomic E-state index is -0.513. The molecule has 1 amide bonds. The van der Waals surface area contributed by atoms with Gasteiger partial charge in [-0.1, -0.05) is 12.1 Å². The molecule has 1 heterocycles. The molecule has 116 valence electrons. The second-order valence-corrected chi connectivity index (χ2v) is 5.02. The van der Waals surface area contributed by atoms with Crippen LogP contribution < -0.4 is 5.32 Å². The Labute approximate surface area is 131 Å². The lowest BCUT2D eigenvalue weighted by atomic mass is 10.1. The first-order chi connectivity index (χ1) is 11.0. The van der Waals surface area contributed by atoms with Gasteiger partial charge in [-0.15, -0.1) is 0 Å². The predicted molar refractivity (Wildman–Crippen MR) is 83.2 cm³/mol. The van der Waals surface area contributed by atoms with Crippen molar-refractivity contribution in [2.24, 2.45) is 0 Å².